The van der Waals surface area contributed by atoms with E-state index in [1.165, 1.54) is 29.7 Å². The lowest BCUT2D eigenvalue weighted by Gasteiger charge is -2.20. The summed E-state index contributed by atoms with van der Waals surface area (Å²) >= 11 is 1.11. The number of carbonyl (C=O) groups is 1. The van der Waals surface area contributed by atoms with Crippen molar-refractivity contribution in [2.45, 2.75) is 51.2 Å². The number of aromatic amines is 1. The Balaban J connectivity index is 1.23. The van der Waals surface area contributed by atoms with Crippen LogP contribution in [0.2, 0.25) is 0 Å². The maximum atomic E-state index is 12.9. The second kappa shape index (κ2) is 9.68. The fourth-order valence-electron chi connectivity index (χ4n) is 4.98. The Morgan fingerprint density at radius 1 is 1.24 bits per heavy atom. The average molecular weight is 480 g/mol. The summed E-state index contributed by atoms with van der Waals surface area (Å²) in [6.07, 6.45) is 4.51. The summed E-state index contributed by atoms with van der Waals surface area (Å²) in [5.74, 6) is 0.587. The molecule has 2 aromatic heterocycles. The number of likely N-dealkylation sites (N-methyl/N-ethyl adjacent to an activating group) is 1. The molecule has 9 heteroatoms. The molecule has 0 spiro atoms. The number of H-pyrrole nitrogens is 1. The standard InChI is InChI=1S/C25H29N5O3S/c1-15-11-17(19-5-3-4-6-21(19)26-15)14-33-18-9-7-16(8-10-18)23(31)27-22-13-30(2)12-20(22)24-28-29-25(32)34-24/h7-11,20,22H,3-6,12-14H2,1-2H3,(H,27,31)(H,29,32)/t20-,22+/m0/s1. The van der Waals surface area contributed by atoms with Gasteiger partial charge in [-0.15, -0.1) is 0 Å². The summed E-state index contributed by atoms with van der Waals surface area (Å²) in [5.41, 5.74) is 5.37. The van der Waals surface area contributed by atoms with Crippen LogP contribution in [0.25, 0.3) is 0 Å². The number of nitrogens with one attached hydrogen (secondary N) is 2. The lowest BCUT2D eigenvalue weighted by atomic mass is 9.92. The molecule has 3 heterocycles. The molecule has 3 aromatic rings. The van der Waals surface area contributed by atoms with Gasteiger partial charge in [0.2, 0.25) is 0 Å². The first-order valence-electron chi connectivity index (χ1n) is 11.7. The Morgan fingerprint density at radius 2 is 2.03 bits per heavy atom. The summed E-state index contributed by atoms with van der Waals surface area (Å²) in [6, 6.07) is 9.28. The number of rotatable bonds is 6. The van der Waals surface area contributed by atoms with Crippen LogP contribution in [-0.2, 0) is 19.4 Å². The van der Waals surface area contributed by atoms with Gasteiger partial charge in [0.15, 0.2) is 0 Å². The van der Waals surface area contributed by atoms with Crippen LogP contribution in [0.1, 0.15) is 56.6 Å². The lowest BCUT2D eigenvalue weighted by molar-refractivity contribution is 0.0935. The van der Waals surface area contributed by atoms with E-state index in [9.17, 15) is 9.59 Å². The van der Waals surface area contributed by atoms with Crippen molar-refractivity contribution in [1.82, 2.24) is 25.4 Å². The molecule has 0 bridgehead atoms. The molecule has 1 saturated heterocycles. The lowest BCUT2D eigenvalue weighted by Crippen LogP contribution is -2.39. The summed E-state index contributed by atoms with van der Waals surface area (Å²) in [7, 11) is 2.00. The van der Waals surface area contributed by atoms with Gasteiger partial charge in [-0.1, -0.05) is 11.3 Å². The minimum absolute atomic E-state index is 0.00439. The van der Waals surface area contributed by atoms with E-state index in [2.05, 4.69) is 26.5 Å². The Kier molecular flexibility index (Phi) is 6.47. The van der Waals surface area contributed by atoms with Gasteiger partial charge < -0.3 is 15.0 Å². The van der Waals surface area contributed by atoms with E-state index in [0.717, 1.165) is 47.2 Å². The van der Waals surface area contributed by atoms with Gasteiger partial charge in [-0.3, -0.25) is 14.6 Å². The Morgan fingerprint density at radius 3 is 2.79 bits per heavy atom. The highest BCUT2D eigenvalue weighted by Crippen LogP contribution is 2.28. The van der Waals surface area contributed by atoms with Crippen molar-refractivity contribution < 1.29 is 9.53 Å². The first kappa shape index (κ1) is 22.7. The molecule has 1 aliphatic carbocycles. The van der Waals surface area contributed by atoms with Crippen molar-refractivity contribution in [2.24, 2.45) is 0 Å². The second-order valence-corrected chi connectivity index (χ2v) is 10.2. The highest BCUT2D eigenvalue weighted by atomic mass is 32.1. The van der Waals surface area contributed by atoms with E-state index in [0.29, 0.717) is 18.7 Å². The maximum absolute atomic E-state index is 12.9. The zero-order chi connectivity index (χ0) is 23.7. The van der Waals surface area contributed by atoms with Crippen molar-refractivity contribution in [2.75, 3.05) is 20.1 Å². The van der Waals surface area contributed by atoms with Crippen LogP contribution in [-0.4, -0.2) is 52.2 Å². The van der Waals surface area contributed by atoms with E-state index >= 15 is 0 Å². The van der Waals surface area contributed by atoms with Crippen LogP contribution in [0, 0.1) is 6.92 Å². The van der Waals surface area contributed by atoms with Crippen molar-refractivity contribution in [3.8, 4) is 5.75 Å². The minimum atomic E-state index is -0.173. The number of benzene rings is 1. The van der Waals surface area contributed by atoms with Crippen LogP contribution in [0.4, 0.5) is 0 Å². The predicted molar refractivity (Wildman–Crippen MR) is 131 cm³/mol. The number of hydrogen-bond donors (Lipinski definition) is 2. The molecule has 0 radical (unpaired) electrons. The molecule has 2 atom stereocenters. The number of ether oxygens (including phenoxy) is 1. The van der Waals surface area contributed by atoms with E-state index in [-0.39, 0.29) is 22.7 Å². The predicted octanol–water partition coefficient (Wildman–Crippen LogP) is 2.82. The number of fused-ring (bicyclic) bond motifs is 1. The van der Waals surface area contributed by atoms with Crippen molar-refractivity contribution in [3.63, 3.8) is 0 Å². The molecule has 178 valence electrons. The number of aryl methyl sites for hydroxylation is 2. The van der Waals surface area contributed by atoms with Gasteiger partial charge in [-0.05, 0) is 81.1 Å². The van der Waals surface area contributed by atoms with Crippen molar-refractivity contribution >= 4 is 17.2 Å². The quantitative estimate of drug-likeness (QED) is 0.564. The highest BCUT2D eigenvalue weighted by Gasteiger charge is 2.35. The number of nitrogens with zero attached hydrogens (tertiary/aromatic N) is 3. The zero-order valence-electron chi connectivity index (χ0n) is 19.5. The molecule has 1 fully saturated rings. The molecule has 1 amide bonds. The van der Waals surface area contributed by atoms with Crippen LogP contribution in [0.15, 0.2) is 35.1 Å². The van der Waals surface area contributed by atoms with E-state index < -0.39 is 0 Å². The molecule has 1 aliphatic heterocycles. The molecule has 34 heavy (non-hydrogen) atoms. The summed E-state index contributed by atoms with van der Waals surface area (Å²) in [6.45, 7) is 3.99. The zero-order valence-corrected chi connectivity index (χ0v) is 20.3. The molecule has 1 aromatic carbocycles. The first-order chi connectivity index (χ1) is 16.5. The van der Waals surface area contributed by atoms with Crippen molar-refractivity contribution in [1.29, 1.82) is 0 Å². The average Bonchev–Trinajstić information content (AvgIpc) is 3.42. The van der Waals surface area contributed by atoms with Crippen LogP contribution >= 0.6 is 11.3 Å². The van der Waals surface area contributed by atoms with Gasteiger partial charge in [0, 0.05) is 36.0 Å². The SMILES string of the molecule is Cc1cc(COc2ccc(C(=O)N[C@@H]3CN(C)C[C@@H]3c3n[nH]c(=O)s3)cc2)c2c(n1)CCCC2. The van der Waals surface area contributed by atoms with Gasteiger partial charge in [0.05, 0.1) is 6.04 Å². The van der Waals surface area contributed by atoms with Gasteiger partial charge in [0.25, 0.3) is 5.91 Å². The number of pyridine rings is 1. The summed E-state index contributed by atoms with van der Waals surface area (Å²) < 4.78 is 6.07. The Labute approximate surface area is 202 Å². The topological polar surface area (TPSA) is 100 Å². The van der Waals surface area contributed by atoms with E-state index in [1.807, 2.05) is 26.1 Å². The molecular formula is C25H29N5O3S. The smallest absolute Gasteiger partial charge is 0.322 e. The first-order valence-corrected chi connectivity index (χ1v) is 12.5. The van der Waals surface area contributed by atoms with Gasteiger partial charge in [0.1, 0.15) is 17.4 Å². The summed E-state index contributed by atoms with van der Waals surface area (Å²) in [4.78, 5) is 31.1. The number of likely N-dealkylation sites (tertiary alicyclic amines) is 1. The van der Waals surface area contributed by atoms with E-state index in [1.54, 1.807) is 12.1 Å². The number of hydrogen-bond acceptors (Lipinski definition) is 7. The Hall–Kier alpha value is -3.04. The number of carbonyl (C=O) groups excluding carboxylic acids is 1. The third kappa shape index (κ3) is 4.90. The monoisotopic (exact) mass is 479 g/mol. The molecular weight excluding hydrogens is 450 g/mol. The number of amides is 1. The largest absolute Gasteiger partial charge is 0.489 e. The van der Waals surface area contributed by atoms with E-state index in [4.69, 9.17) is 9.72 Å². The summed E-state index contributed by atoms with van der Waals surface area (Å²) in [5, 5.41) is 10.5. The third-order valence-corrected chi connectivity index (χ3v) is 7.50. The van der Waals surface area contributed by atoms with Crippen molar-refractivity contribution in [3.05, 3.63) is 73.1 Å². The molecule has 0 saturated carbocycles. The molecule has 0 unspecified atom stereocenters. The molecule has 8 nitrogen and oxygen atoms in total. The maximum Gasteiger partial charge on any atom is 0.322 e. The second-order valence-electron chi connectivity index (χ2n) is 9.23. The molecule has 5 rings (SSSR count). The van der Waals surface area contributed by atoms with Crippen LogP contribution in [0.3, 0.4) is 0 Å². The Bertz CT molecular complexity index is 1240. The minimum Gasteiger partial charge on any atom is -0.489 e. The van der Waals surface area contributed by atoms with Crippen LogP contribution in [0.5, 0.6) is 5.75 Å². The van der Waals surface area contributed by atoms with Gasteiger partial charge in [-0.2, -0.15) is 5.10 Å². The molecule has 2 N–H and O–H groups in total. The molecule has 2 aliphatic rings. The highest BCUT2D eigenvalue weighted by molar-refractivity contribution is 7.08. The van der Waals surface area contributed by atoms with Gasteiger partial charge in [-0.25, -0.2) is 5.10 Å². The fraction of sp³-hybridized carbons (Fsp3) is 0.440. The normalized spacial score (nSPS) is 20.2. The van der Waals surface area contributed by atoms with Gasteiger partial charge >= 0.3 is 4.87 Å². The third-order valence-electron chi connectivity index (χ3n) is 6.62. The number of aromatic nitrogens is 3. The fourth-order valence-corrected chi connectivity index (χ4v) is 5.75. The van der Waals surface area contributed by atoms with Crippen LogP contribution < -0.4 is 14.9 Å².